The highest BCUT2D eigenvalue weighted by atomic mass is 35.5. The van der Waals surface area contributed by atoms with Gasteiger partial charge in [0.1, 0.15) is 0 Å². The van der Waals surface area contributed by atoms with Crippen LogP contribution >= 0.6 is 23.4 Å². The van der Waals surface area contributed by atoms with E-state index in [0.29, 0.717) is 11.4 Å². The molecule has 1 aliphatic rings. The number of halogens is 1. The van der Waals surface area contributed by atoms with Gasteiger partial charge in [-0.2, -0.15) is 0 Å². The van der Waals surface area contributed by atoms with E-state index in [1.54, 1.807) is 0 Å². The van der Waals surface area contributed by atoms with Crippen LogP contribution in [0.3, 0.4) is 0 Å². The van der Waals surface area contributed by atoms with Crippen LogP contribution in [0.2, 0.25) is 5.02 Å². The summed E-state index contributed by atoms with van der Waals surface area (Å²) in [6.45, 7) is 2.21. The highest BCUT2D eigenvalue weighted by Crippen LogP contribution is 2.32. The first-order chi connectivity index (χ1) is 6.25. The lowest BCUT2D eigenvalue weighted by Crippen LogP contribution is -2.21. The SMILES string of the molecule is CC1CSC(c2ccc(Cl)cc2)N1. The molecular weight excluding hydrogens is 202 g/mol. The van der Waals surface area contributed by atoms with Gasteiger partial charge in [0, 0.05) is 16.8 Å². The Labute approximate surface area is 87.9 Å². The minimum absolute atomic E-state index is 0.451. The van der Waals surface area contributed by atoms with Crippen LogP contribution in [0.25, 0.3) is 0 Å². The van der Waals surface area contributed by atoms with Gasteiger partial charge in [-0.3, -0.25) is 5.32 Å². The van der Waals surface area contributed by atoms with Gasteiger partial charge in [0.15, 0.2) is 0 Å². The zero-order valence-electron chi connectivity index (χ0n) is 7.46. The summed E-state index contributed by atoms with van der Waals surface area (Å²) in [5, 5.41) is 4.77. The van der Waals surface area contributed by atoms with Crippen molar-refractivity contribution >= 4 is 23.4 Å². The largest absolute Gasteiger partial charge is 0.298 e. The van der Waals surface area contributed by atoms with Gasteiger partial charge in [0.2, 0.25) is 0 Å². The summed E-state index contributed by atoms with van der Waals surface area (Å²) in [5.41, 5.74) is 1.32. The van der Waals surface area contributed by atoms with Gasteiger partial charge >= 0.3 is 0 Å². The third-order valence-corrected chi connectivity index (χ3v) is 3.81. The average Bonchev–Trinajstić information content (AvgIpc) is 2.53. The fourth-order valence-electron chi connectivity index (χ4n) is 1.43. The molecule has 0 aliphatic carbocycles. The van der Waals surface area contributed by atoms with E-state index in [4.69, 9.17) is 11.6 Å². The number of hydrogen-bond donors (Lipinski definition) is 1. The van der Waals surface area contributed by atoms with E-state index in [-0.39, 0.29) is 0 Å². The summed E-state index contributed by atoms with van der Waals surface area (Å²) in [5.74, 6) is 1.19. The van der Waals surface area contributed by atoms with Crippen molar-refractivity contribution in [3.05, 3.63) is 34.9 Å². The smallest absolute Gasteiger partial charge is 0.0792 e. The zero-order valence-corrected chi connectivity index (χ0v) is 9.03. The van der Waals surface area contributed by atoms with Gasteiger partial charge in [-0.05, 0) is 24.6 Å². The number of nitrogens with one attached hydrogen (secondary N) is 1. The van der Waals surface area contributed by atoms with E-state index in [0.717, 1.165) is 5.02 Å². The molecule has 13 heavy (non-hydrogen) atoms. The van der Waals surface area contributed by atoms with E-state index in [1.165, 1.54) is 11.3 Å². The van der Waals surface area contributed by atoms with Crippen molar-refractivity contribution in [2.45, 2.75) is 18.3 Å². The second-order valence-corrected chi connectivity index (χ2v) is 4.91. The molecule has 1 aromatic carbocycles. The number of thioether (sulfide) groups is 1. The van der Waals surface area contributed by atoms with Crippen molar-refractivity contribution in [2.24, 2.45) is 0 Å². The summed E-state index contributed by atoms with van der Waals surface area (Å²) < 4.78 is 0. The van der Waals surface area contributed by atoms with Crippen molar-refractivity contribution in [1.29, 1.82) is 0 Å². The molecule has 0 bridgehead atoms. The van der Waals surface area contributed by atoms with Crippen molar-refractivity contribution in [3.63, 3.8) is 0 Å². The Morgan fingerprint density at radius 3 is 2.62 bits per heavy atom. The molecule has 1 nitrogen and oxygen atoms in total. The third kappa shape index (κ3) is 2.19. The predicted octanol–water partition coefficient (Wildman–Crippen LogP) is 3.06. The molecule has 3 heteroatoms. The van der Waals surface area contributed by atoms with Gasteiger partial charge in [-0.15, -0.1) is 11.8 Å². The first kappa shape index (κ1) is 9.38. The molecular formula is C10H12ClNS. The van der Waals surface area contributed by atoms with Crippen molar-refractivity contribution in [2.75, 3.05) is 5.75 Å². The van der Waals surface area contributed by atoms with Crippen LogP contribution in [0, 0.1) is 0 Å². The molecule has 0 amide bonds. The third-order valence-electron chi connectivity index (χ3n) is 2.12. The van der Waals surface area contributed by atoms with E-state index < -0.39 is 0 Å². The summed E-state index contributed by atoms with van der Waals surface area (Å²) in [6.07, 6.45) is 0. The average molecular weight is 214 g/mol. The van der Waals surface area contributed by atoms with Crippen molar-refractivity contribution in [3.8, 4) is 0 Å². The van der Waals surface area contributed by atoms with E-state index in [9.17, 15) is 0 Å². The lowest BCUT2D eigenvalue weighted by Gasteiger charge is -2.10. The Morgan fingerprint density at radius 1 is 1.38 bits per heavy atom. The molecule has 1 aromatic rings. The van der Waals surface area contributed by atoms with E-state index >= 15 is 0 Å². The molecule has 1 heterocycles. The van der Waals surface area contributed by atoms with Crippen LogP contribution in [0.15, 0.2) is 24.3 Å². The van der Waals surface area contributed by atoms with Gasteiger partial charge in [-0.1, -0.05) is 23.7 Å². The predicted molar refractivity (Wildman–Crippen MR) is 59.2 cm³/mol. The topological polar surface area (TPSA) is 12.0 Å². The maximum Gasteiger partial charge on any atom is 0.0792 e. The maximum absolute atomic E-state index is 5.82. The highest BCUT2D eigenvalue weighted by molar-refractivity contribution is 7.99. The van der Waals surface area contributed by atoms with E-state index in [2.05, 4.69) is 24.4 Å². The lowest BCUT2D eigenvalue weighted by molar-refractivity contribution is 0.618. The zero-order chi connectivity index (χ0) is 9.26. The van der Waals surface area contributed by atoms with Crippen molar-refractivity contribution < 1.29 is 0 Å². The minimum atomic E-state index is 0.451. The minimum Gasteiger partial charge on any atom is -0.298 e. The quantitative estimate of drug-likeness (QED) is 0.770. The summed E-state index contributed by atoms with van der Waals surface area (Å²) in [4.78, 5) is 0. The molecule has 70 valence electrons. The monoisotopic (exact) mass is 213 g/mol. The van der Waals surface area contributed by atoms with Crippen LogP contribution in [-0.4, -0.2) is 11.8 Å². The van der Waals surface area contributed by atoms with Crippen LogP contribution in [0.4, 0.5) is 0 Å². The number of rotatable bonds is 1. The second kappa shape index (κ2) is 3.91. The highest BCUT2D eigenvalue weighted by Gasteiger charge is 2.21. The molecule has 0 saturated carbocycles. The van der Waals surface area contributed by atoms with Crippen LogP contribution < -0.4 is 5.32 Å². The Hall–Kier alpha value is -0.180. The van der Waals surface area contributed by atoms with Gasteiger partial charge in [-0.25, -0.2) is 0 Å². The normalized spacial score (nSPS) is 27.8. The molecule has 1 fully saturated rings. The molecule has 1 N–H and O–H groups in total. The number of hydrogen-bond acceptors (Lipinski definition) is 2. The van der Waals surface area contributed by atoms with Crippen LogP contribution in [-0.2, 0) is 0 Å². The molecule has 2 rings (SSSR count). The molecule has 1 aliphatic heterocycles. The Morgan fingerprint density at radius 2 is 2.08 bits per heavy atom. The standard InChI is InChI=1S/C10H12ClNS/c1-7-6-13-10(12-7)8-2-4-9(11)5-3-8/h2-5,7,10,12H,6H2,1H3. The Balaban J connectivity index is 2.13. The van der Waals surface area contributed by atoms with E-state index in [1.807, 2.05) is 23.9 Å². The molecule has 2 unspecified atom stereocenters. The lowest BCUT2D eigenvalue weighted by atomic mass is 10.2. The second-order valence-electron chi connectivity index (χ2n) is 3.33. The first-order valence-corrected chi connectivity index (χ1v) is 5.81. The van der Waals surface area contributed by atoms with Crippen LogP contribution in [0.5, 0.6) is 0 Å². The van der Waals surface area contributed by atoms with Gasteiger partial charge in [0.25, 0.3) is 0 Å². The number of benzene rings is 1. The van der Waals surface area contributed by atoms with Gasteiger partial charge < -0.3 is 0 Å². The summed E-state index contributed by atoms with van der Waals surface area (Å²) >= 11 is 7.78. The first-order valence-electron chi connectivity index (χ1n) is 4.39. The summed E-state index contributed by atoms with van der Waals surface area (Å²) in [6, 6.07) is 8.69. The molecule has 2 atom stereocenters. The molecule has 0 aromatic heterocycles. The molecule has 0 spiro atoms. The van der Waals surface area contributed by atoms with Crippen molar-refractivity contribution in [1.82, 2.24) is 5.32 Å². The Kier molecular flexibility index (Phi) is 2.82. The van der Waals surface area contributed by atoms with Crippen LogP contribution in [0.1, 0.15) is 17.9 Å². The summed E-state index contributed by atoms with van der Waals surface area (Å²) in [7, 11) is 0. The molecule has 1 saturated heterocycles. The fraction of sp³-hybridized carbons (Fsp3) is 0.400. The molecule has 0 radical (unpaired) electrons. The van der Waals surface area contributed by atoms with Gasteiger partial charge in [0.05, 0.1) is 5.37 Å². The fourth-order valence-corrected chi connectivity index (χ4v) is 2.81. The maximum atomic E-state index is 5.82. The Bertz CT molecular complexity index is 285.